The predicted molar refractivity (Wildman–Crippen MR) is 173 cm³/mol. The summed E-state index contributed by atoms with van der Waals surface area (Å²) in [7, 11) is 1.61. The first-order valence-electron chi connectivity index (χ1n) is 15.7. The van der Waals surface area contributed by atoms with Gasteiger partial charge in [-0.2, -0.15) is 0 Å². The van der Waals surface area contributed by atoms with Crippen molar-refractivity contribution in [2.45, 2.75) is 50.2 Å². The largest absolute Gasteiger partial charge is 0.497 e. The van der Waals surface area contributed by atoms with E-state index in [9.17, 15) is 14.4 Å². The minimum Gasteiger partial charge on any atom is -0.497 e. The number of likely N-dealkylation sites (tertiary alicyclic amines) is 1. The normalized spacial score (nSPS) is 16.5. The van der Waals surface area contributed by atoms with Gasteiger partial charge in [0.15, 0.2) is 0 Å². The highest BCUT2D eigenvalue weighted by Gasteiger charge is 2.54. The molecule has 2 fully saturated rings. The Morgan fingerprint density at radius 2 is 1.74 bits per heavy atom. The molecule has 1 spiro atoms. The molecule has 238 valence electrons. The first-order valence-corrected chi connectivity index (χ1v) is 15.7. The number of benzene rings is 2. The second kappa shape index (κ2) is 13.8. The SMILES string of the molecule is COc1ccc(C[C@@H](NC(=O)CCc2c[nH]cn2)C(=O)N2CCC3(CC2)C(=O)N(Cc2ccccn2)CN3c2ccccc2)cc1. The molecule has 0 aliphatic carbocycles. The van der Waals surface area contributed by atoms with Crippen molar-refractivity contribution < 1.29 is 19.1 Å². The summed E-state index contributed by atoms with van der Waals surface area (Å²) in [4.78, 5) is 58.7. The first-order chi connectivity index (χ1) is 22.4. The predicted octanol–water partition coefficient (Wildman–Crippen LogP) is 3.34. The van der Waals surface area contributed by atoms with E-state index in [0.717, 1.165) is 28.4 Å². The third kappa shape index (κ3) is 6.73. The molecule has 2 aliphatic heterocycles. The van der Waals surface area contributed by atoms with Crippen LogP contribution in [0.25, 0.3) is 0 Å². The van der Waals surface area contributed by atoms with E-state index < -0.39 is 11.6 Å². The van der Waals surface area contributed by atoms with Gasteiger partial charge in [0.2, 0.25) is 17.7 Å². The molecule has 0 bridgehead atoms. The highest BCUT2D eigenvalue weighted by atomic mass is 16.5. The number of carbonyl (C=O) groups is 3. The van der Waals surface area contributed by atoms with Gasteiger partial charge in [0, 0.05) is 44.0 Å². The van der Waals surface area contributed by atoms with Gasteiger partial charge in [-0.05, 0) is 61.2 Å². The number of H-pyrrole nitrogens is 1. The van der Waals surface area contributed by atoms with Gasteiger partial charge in [-0.15, -0.1) is 0 Å². The highest BCUT2D eigenvalue weighted by Crippen LogP contribution is 2.40. The fourth-order valence-corrected chi connectivity index (χ4v) is 6.46. The van der Waals surface area contributed by atoms with Gasteiger partial charge >= 0.3 is 0 Å². The summed E-state index contributed by atoms with van der Waals surface area (Å²) in [6.45, 7) is 1.66. The molecule has 2 saturated heterocycles. The van der Waals surface area contributed by atoms with Crippen LogP contribution < -0.4 is 15.0 Å². The summed E-state index contributed by atoms with van der Waals surface area (Å²) in [6, 6.07) is 22.5. The number of amides is 3. The molecule has 0 saturated carbocycles. The van der Waals surface area contributed by atoms with E-state index >= 15 is 0 Å². The first kappa shape index (κ1) is 30.8. The highest BCUT2D eigenvalue weighted by molar-refractivity contribution is 5.94. The standard InChI is InChI=1S/C35H39N7O4/c1-46-30-13-10-26(11-14-30)21-31(39-32(43)15-12-27-22-36-24-38-27)33(44)40-19-16-35(17-20-40)34(45)41(23-28-7-5-6-18-37-28)25-42(35)29-8-3-2-4-9-29/h2-11,13-14,18,22,24,31H,12,15-17,19-21,23,25H2,1H3,(H,36,38)(H,39,43)/t31-/m1/s1. The Hall–Kier alpha value is -5.19. The fourth-order valence-electron chi connectivity index (χ4n) is 6.46. The van der Waals surface area contributed by atoms with E-state index in [4.69, 9.17) is 4.74 Å². The Morgan fingerprint density at radius 3 is 2.41 bits per heavy atom. The zero-order valence-corrected chi connectivity index (χ0v) is 26.0. The van der Waals surface area contributed by atoms with Gasteiger partial charge < -0.3 is 29.7 Å². The molecule has 11 heteroatoms. The maximum absolute atomic E-state index is 14.2. The average Bonchev–Trinajstić information content (AvgIpc) is 3.71. The number of ether oxygens (including phenoxy) is 1. The smallest absolute Gasteiger partial charge is 0.250 e. The Bertz CT molecular complexity index is 1610. The summed E-state index contributed by atoms with van der Waals surface area (Å²) in [5.74, 6) is 0.406. The van der Waals surface area contributed by atoms with Gasteiger partial charge in [0.05, 0.1) is 38.0 Å². The molecule has 46 heavy (non-hydrogen) atoms. The van der Waals surface area contributed by atoms with Crippen molar-refractivity contribution in [2.75, 3.05) is 31.8 Å². The Kier molecular flexibility index (Phi) is 9.28. The van der Waals surface area contributed by atoms with Crippen molar-refractivity contribution in [3.05, 3.63) is 108 Å². The molecule has 1 atom stereocenters. The van der Waals surface area contributed by atoms with Crippen molar-refractivity contribution in [1.29, 1.82) is 0 Å². The lowest BCUT2D eigenvalue weighted by atomic mass is 9.85. The number of aromatic nitrogens is 3. The minimum atomic E-state index is -0.773. The van der Waals surface area contributed by atoms with Gasteiger partial charge in [-0.3, -0.25) is 19.4 Å². The van der Waals surface area contributed by atoms with Crippen LogP contribution in [-0.2, 0) is 33.8 Å². The molecule has 3 amide bonds. The van der Waals surface area contributed by atoms with Gasteiger partial charge in [0.1, 0.15) is 17.3 Å². The molecular formula is C35H39N7O4. The van der Waals surface area contributed by atoms with Crippen LogP contribution in [0.2, 0.25) is 0 Å². The number of carbonyl (C=O) groups excluding carboxylic acids is 3. The second-order valence-corrected chi connectivity index (χ2v) is 11.8. The summed E-state index contributed by atoms with van der Waals surface area (Å²) in [5, 5.41) is 3.00. The number of aromatic amines is 1. The van der Waals surface area contributed by atoms with Crippen molar-refractivity contribution >= 4 is 23.4 Å². The van der Waals surface area contributed by atoms with Crippen LogP contribution in [-0.4, -0.2) is 80.9 Å². The fraction of sp³-hybridized carbons (Fsp3) is 0.343. The number of hydrogen-bond acceptors (Lipinski definition) is 7. The van der Waals surface area contributed by atoms with E-state index in [2.05, 4.69) is 25.2 Å². The lowest BCUT2D eigenvalue weighted by Gasteiger charge is -2.44. The van der Waals surface area contributed by atoms with Crippen molar-refractivity contribution in [2.24, 2.45) is 0 Å². The molecule has 11 nitrogen and oxygen atoms in total. The Balaban J connectivity index is 1.18. The number of rotatable bonds is 11. The lowest BCUT2D eigenvalue weighted by molar-refractivity contribution is -0.141. The molecule has 2 aliphatic rings. The maximum Gasteiger partial charge on any atom is 0.250 e. The number of anilines is 1. The number of imidazole rings is 1. The zero-order chi connectivity index (χ0) is 31.9. The van der Waals surface area contributed by atoms with E-state index in [1.54, 1.807) is 30.7 Å². The monoisotopic (exact) mass is 621 g/mol. The molecular weight excluding hydrogens is 582 g/mol. The van der Waals surface area contributed by atoms with Gasteiger partial charge in [0.25, 0.3) is 0 Å². The summed E-state index contributed by atoms with van der Waals surface area (Å²) in [5.41, 5.74) is 2.73. The van der Waals surface area contributed by atoms with Crippen molar-refractivity contribution in [3.8, 4) is 5.75 Å². The number of aryl methyl sites for hydroxylation is 1. The van der Waals surface area contributed by atoms with Crippen LogP contribution in [0.4, 0.5) is 5.69 Å². The van der Waals surface area contributed by atoms with E-state index in [-0.39, 0.29) is 24.1 Å². The molecule has 2 aromatic heterocycles. The van der Waals surface area contributed by atoms with Crippen LogP contribution >= 0.6 is 0 Å². The molecule has 0 radical (unpaired) electrons. The van der Waals surface area contributed by atoms with Gasteiger partial charge in [-0.1, -0.05) is 36.4 Å². The van der Waals surface area contributed by atoms with Gasteiger partial charge in [-0.25, -0.2) is 4.98 Å². The number of para-hydroxylation sites is 1. The number of nitrogens with one attached hydrogen (secondary N) is 2. The minimum absolute atomic E-state index is 0.0514. The molecule has 4 heterocycles. The van der Waals surface area contributed by atoms with Crippen LogP contribution in [0.3, 0.4) is 0 Å². The summed E-state index contributed by atoms with van der Waals surface area (Å²) in [6.07, 6.45) is 7.07. The maximum atomic E-state index is 14.2. The summed E-state index contributed by atoms with van der Waals surface area (Å²) >= 11 is 0. The number of nitrogens with zero attached hydrogens (tertiary/aromatic N) is 5. The van der Waals surface area contributed by atoms with Crippen LogP contribution in [0.1, 0.15) is 36.2 Å². The van der Waals surface area contributed by atoms with Crippen LogP contribution in [0.15, 0.2) is 91.5 Å². The third-order valence-corrected chi connectivity index (χ3v) is 8.96. The number of hydrogen-bond donors (Lipinski definition) is 2. The molecule has 4 aromatic rings. The summed E-state index contributed by atoms with van der Waals surface area (Å²) < 4.78 is 5.29. The zero-order valence-electron chi connectivity index (χ0n) is 26.0. The Labute approximate surface area is 268 Å². The lowest BCUT2D eigenvalue weighted by Crippen LogP contribution is -2.59. The molecule has 6 rings (SSSR count). The number of piperidine rings is 1. The van der Waals surface area contributed by atoms with Crippen molar-refractivity contribution in [1.82, 2.24) is 30.1 Å². The average molecular weight is 622 g/mol. The second-order valence-electron chi connectivity index (χ2n) is 11.8. The van der Waals surface area contributed by atoms with Crippen LogP contribution in [0, 0.1) is 0 Å². The quantitative estimate of drug-likeness (QED) is 0.263. The molecule has 0 unspecified atom stereocenters. The number of pyridine rings is 1. The Morgan fingerprint density at radius 1 is 0.978 bits per heavy atom. The van der Waals surface area contributed by atoms with Crippen molar-refractivity contribution in [3.63, 3.8) is 0 Å². The van der Waals surface area contributed by atoms with Crippen LogP contribution in [0.5, 0.6) is 5.75 Å². The number of methoxy groups -OCH3 is 1. The van der Waals surface area contributed by atoms with E-state index in [1.807, 2.05) is 77.7 Å². The van der Waals surface area contributed by atoms with E-state index in [1.165, 1.54) is 0 Å². The third-order valence-electron chi connectivity index (χ3n) is 8.96. The molecule has 2 N–H and O–H groups in total. The van der Waals surface area contributed by atoms with E-state index in [0.29, 0.717) is 52.0 Å². The topological polar surface area (TPSA) is 124 Å². The molecule has 2 aromatic carbocycles.